The minimum Gasteiger partial charge on any atom is -0.423 e. The maximum absolute atomic E-state index is 6.31. The summed E-state index contributed by atoms with van der Waals surface area (Å²) >= 11 is 0. The van der Waals surface area contributed by atoms with Crippen molar-refractivity contribution in [2.24, 2.45) is 0 Å². The van der Waals surface area contributed by atoms with E-state index in [4.69, 9.17) is 28.2 Å². The van der Waals surface area contributed by atoms with Crippen molar-refractivity contribution in [2.75, 3.05) is 0 Å². The van der Waals surface area contributed by atoms with Crippen LogP contribution in [0.5, 0.6) is 0 Å². The molecule has 6 heterocycles. The van der Waals surface area contributed by atoms with Crippen LogP contribution >= 0.6 is 0 Å². The zero-order chi connectivity index (χ0) is 78.8. The van der Waals surface area contributed by atoms with Gasteiger partial charge < -0.3 is 13.3 Å². The highest BCUT2D eigenvalue weighted by atomic mass is 16.4. The number of rotatable bonds is 9. The molecule has 9 heteroatoms. The van der Waals surface area contributed by atoms with E-state index in [0.717, 1.165) is 66.4 Å². The van der Waals surface area contributed by atoms with E-state index < -0.39 is 0 Å². The molecule has 558 valence electrons. The van der Waals surface area contributed by atoms with Gasteiger partial charge in [0.05, 0.1) is 33.1 Å². The van der Waals surface area contributed by atoms with Gasteiger partial charge in [-0.3, -0.25) is 13.7 Å². The Labute approximate surface area is 668 Å². The van der Waals surface area contributed by atoms with E-state index >= 15 is 0 Å². The Morgan fingerprint density at radius 2 is 0.461 bits per heavy atom. The maximum Gasteiger partial charge on any atom is 0.307 e. The first-order valence-electron chi connectivity index (χ1n) is 39.6. The lowest BCUT2D eigenvalue weighted by Gasteiger charge is -2.13. The first-order chi connectivity index (χ1) is 55.8. The number of oxazole rings is 3. The van der Waals surface area contributed by atoms with Crippen LogP contribution in [-0.4, -0.2) is 28.7 Å². The van der Waals surface area contributed by atoms with Gasteiger partial charge in [-0.05, 0) is 322 Å². The highest BCUT2D eigenvalue weighted by Crippen LogP contribution is 2.45. The number of nitrogens with zero attached hydrogens (tertiary/aromatic N) is 6. The Hall–Kier alpha value is -13.9. The minimum absolute atomic E-state index is 0.587. The fourth-order valence-electron chi connectivity index (χ4n) is 18.4. The van der Waals surface area contributed by atoms with Gasteiger partial charge in [0.1, 0.15) is 16.6 Å². The number of hydrogen-bond acceptors (Lipinski definition) is 6. The molecular formula is C106H86N6O3. The van der Waals surface area contributed by atoms with E-state index in [-0.39, 0.29) is 0 Å². The standard InChI is InChI=1S/C37H32N2O.C35H28N2O.C34H26N2O/c1-21-15-23(3)35(24(4)16-21)27-11-13-32-29(19-27)30-20-28(36-25(5)17-22(2)18-26(36)6)12-14-33(30)39(32)37-38-31-9-7-8-10-34(31)40-37;1-21-9-7-10-22(2)33(21)25-15-17-30-27(19-25)28-20-26(34-23(3)11-8-12-24(34)4)16-18-31(28)37(30)35-36-29-13-5-6-14-32(29)38-35;1-21-12-15-27(23(3)18-21)25-14-17-32-29(20-25)28-19-24(26-9-5-4-8-22(26)2)13-16-31(28)36(32)34-35-30-10-6-7-11-33(30)37-34/h7-20H,1-6H3;5-20H,1-4H3;4-20H,1-3H3. The summed E-state index contributed by atoms with van der Waals surface area (Å²) < 4.78 is 25.3. The highest BCUT2D eigenvalue weighted by molar-refractivity contribution is 6.14. The van der Waals surface area contributed by atoms with Crippen LogP contribution in [0.4, 0.5) is 0 Å². The van der Waals surface area contributed by atoms with Crippen LogP contribution in [-0.2, 0) is 0 Å². The Balaban J connectivity index is 0.000000115. The molecule has 115 heavy (non-hydrogen) atoms. The van der Waals surface area contributed by atoms with Crippen LogP contribution in [0.3, 0.4) is 0 Å². The number of hydrogen-bond donors (Lipinski definition) is 0. The fraction of sp³-hybridized carbons (Fsp3) is 0.123. The van der Waals surface area contributed by atoms with Gasteiger partial charge in [0.2, 0.25) is 0 Å². The van der Waals surface area contributed by atoms with Gasteiger partial charge in [0.25, 0.3) is 0 Å². The second-order valence-corrected chi connectivity index (χ2v) is 31.5. The van der Waals surface area contributed by atoms with Crippen molar-refractivity contribution < 1.29 is 13.3 Å². The molecule has 15 aromatic carbocycles. The van der Waals surface area contributed by atoms with Crippen LogP contribution in [0, 0.1) is 90.0 Å². The summed E-state index contributed by atoms with van der Waals surface area (Å²) in [7, 11) is 0. The summed E-state index contributed by atoms with van der Waals surface area (Å²) in [5, 5.41) is 7.14. The van der Waals surface area contributed by atoms with E-state index in [1.807, 2.05) is 72.8 Å². The van der Waals surface area contributed by atoms with Crippen molar-refractivity contribution in [3.63, 3.8) is 0 Å². The molecule has 0 saturated heterocycles. The monoisotopic (exact) mass is 1490 g/mol. The normalized spacial score (nSPS) is 11.7. The van der Waals surface area contributed by atoms with Crippen LogP contribution in [0.2, 0.25) is 0 Å². The maximum atomic E-state index is 6.31. The largest absolute Gasteiger partial charge is 0.423 e. The third kappa shape index (κ3) is 12.5. The Morgan fingerprint density at radius 1 is 0.200 bits per heavy atom. The lowest BCUT2D eigenvalue weighted by atomic mass is 9.91. The van der Waals surface area contributed by atoms with Crippen molar-refractivity contribution in [2.45, 2.75) is 90.0 Å². The molecule has 0 bridgehead atoms. The number of para-hydroxylation sites is 6. The summed E-state index contributed by atoms with van der Waals surface area (Å²) in [5.41, 5.74) is 43.2. The van der Waals surface area contributed by atoms with Gasteiger partial charge in [0.15, 0.2) is 16.7 Å². The van der Waals surface area contributed by atoms with E-state index in [2.05, 4.69) is 316 Å². The van der Waals surface area contributed by atoms with E-state index in [9.17, 15) is 0 Å². The summed E-state index contributed by atoms with van der Waals surface area (Å²) in [5.74, 6) is 0. The fourth-order valence-corrected chi connectivity index (χ4v) is 18.4. The molecule has 0 atom stereocenters. The number of fused-ring (bicyclic) bond motifs is 12. The number of aromatic nitrogens is 6. The molecular weight excluding hydrogens is 1410 g/mol. The molecule has 0 spiro atoms. The SMILES string of the molecule is Cc1cc(C)c(-c2ccc3c(c2)c2cc(-c4c(C)cc(C)cc4C)ccc2n3-c2nc3ccccc3o2)c(C)c1.Cc1ccc(-c2ccc3c(c2)c2cc(-c4ccccc4C)ccc2n3-c2nc3ccccc3o2)c(C)c1.Cc1cccc(C)c1-c1ccc2c(c1)c1cc(-c3c(C)cccc3C)ccc1n2-c1nc2ccccc2o1. The molecule has 6 aromatic heterocycles. The highest BCUT2D eigenvalue weighted by Gasteiger charge is 2.25. The topological polar surface area (TPSA) is 92.9 Å². The predicted molar refractivity (Wildman–Crippen MR) is 479 cm³/mol. The molecule has 0 saturated carbocycles. The molecule has 0 fully saturated rings. The summed E-state index contributed by atoms with van der Waals surface area (Å²) in [4.78, 5) is 14.6. The molecule has 21 aromatic rings. The van der Waals surface area contributed by atoms with Gasteiger partial charge in [-0.15, -0.1) is 0 Å². The van der Waals surface area contributed by atoms with E-state index in [0.29, 0.717) is 18.0 Å². The Bertz CT molecular complexity index is 7120. The van der Waals surface area contributed by atoms with Crippen LogP contribution < -0.4 is 0 Å². The van der Waals surface area contributed by atoms with Crippen LogP contribution in [0.15, 0.2) is 298 Å². The molecule has 21 rings (SSSR count). The van der Waals surface area contributed by atoms with Gasteiger partial charge in [-0.1, -0.05) is 193 Å². The minimum atomic E-state index is 0.587. The number of benzene rings is 15. The lowest BCUT2D eigenvalue weighted by Crippen LogP contribution is -1.94. The average Bonchev–Trinajstić information content (AvgIpc) is 1.59. The zero-order valence-electron chi connectivity index (χ0n) is 67.0. The third-order valence-corrected chi connectivity index (χ3v) is 23.3. The second-order valence-electron chi connectivity index (χ2n) is 31.5. The van der Waals surface area contributed by atoms with Crippen molar-refractivity contribution >= 4 is 98.7 Å². The summed E-state index contributed by atoms with van der Waals surface area (Å²) in [6, 6.07) is 103. The average molecular weight is 1490 g/mol. The molecule has 0 aliphatic carbocycles. The van der Waals surface area contributed by atoms with E-state index in [1.165, 1.54) is 171 Å². The van der Waals surface area contributed by atoms with Crippen molar-refractivity contribution in [3.8, 4) is 84.8 Å². The first-order valence-corrected chi connectivity index (χ1v) is 39.6. The predicted octanol–water partition coefficient (Wildman–Crippen LogP) is 28.8. The second kappa shape index (κ2) is 28.4. The van der Waals surface area contributed by atoms with Crippen molar-refractivity contribution in [1.82, 2.24) is 28.7 Å². The molecule has 9 nitrogen and oxygen atoms in total. The quantitative estimate of drug-likeness (QED) is 0.143. The third-order valence-electron chi connectivity index (χ3n) is 23.3. The van der Waals surface area contributed by atoms with Gasteiger partial charge >= 0.3 is 18.0 Å². The van der Waals surface area contributed by atoms with Gasteiger partial charge in [-0.2, -0.15) is 15.0 Å². The number of aryl methyl sites for hydroxylation is 13. The Morgan fingerprint density at radius 3 is 0.774 bits per heavy atom. The smallest absolute Gasteiger partial charge is 0.307 e. The van der Waals surface area contributed by atoms with Crippen molar-refractivity contribution in [3.05, 3.63) is 357 Å². The molecule has 0 aliphatic heterocycles. The zero-order valence-corrected chi connectivity index (χ0v) is 67.0. The van der Waals surface area contributed by atoms with Crippen molar-refractivity contribution in [1.29, 1.82) is 0 Å². The molecule has 0 aliphatic rings. The summed E-state index contributed by atoms with van der Waals surface area (Å²) in [6.45, 7) is 28.4. The van der Waals surface area contributed by atoms with Gasteiger partial charge in [0, 0.05) is 32.3 Å². The summed E-state index contributed by atoms with van der Waals surface area (Å²) in [6.07, 6.45) is 0. The Kier molecular flexibility index (Phi) is 17.6. The van der Waals surface area contributed by atoms with Crippen LogP contribution in [0.25, 0.3) is 184 Å². The van der Waals surface area contributed by atoms with Crippen LogP contribution in [0.1, 0.15) is 72.3 Å². The molecule has 0 N–H and O–H groups in total. The molecule has 0 unspecified atom stereocenters. The lowest BCUT2D eigenvalue weighted by molar-refractivity contribution is 0.574. The first kappa shape index (κ1) is 71.4. The van der Waals surface area contributed by atoms with E-state index in [1.54, 1.807) is 0 Å². The molecule has 0 radical (unpaired) electrons. The van der Waals surface area contributed by atoms with Gasteiger partial charge in [-0.25, -0.2) is 0 Å². The molecule has 0 amide bonds.